The summed E-state index contributed by atoms with van der Waals surface area (Å²) in [6.07, 6.45) is -0.0318. The van der Waals surface area contributed by atoms with Crippen molar-refractivity contribution in [2.75, 3.05) is 28.4 Å². The molecule has 9 nitrogen and oxygen atoms in total. The van der Waals surface area contributed by atoms with Gasteiger partial charge in [0.05, 0.1) is 4.92 Å². The molecule has 1 aromatic rings. The molecule has 0 aromatic heterocycles. The first-order chi connectivity index (χ1) is 10.8. The Balaban J connectivity index is 3.23. The van der Waals surface area contributed by atoms with E-state index in [-0.39, 0.29) is 12.1 Å². The summed E-state index contributed by atoms with van der Waals surface area (Å²) in [6, 6.07) is 5.52. The molecule has 0 spiro atoms. The average molecular weight is 367 g/mol. The number of hydrogen-bond donors (Lipinski definition) is 0. The van der Waals surface area contributed by atoms with Crippen LogP contribution in [0.3, 0.4) is 0 Å². The van der Waals surface area contributed by atoms with Crippen molar-refractivity contribution in [3.05, 3.63) is 39.9 Å². The summed E-state index contributed by atoms with van der Waals surface area (Å²) < 4.78 is 45.1. The summed E-state index contributed by atoms with van der Waals surface area (Å²) in [6.45, 7) is 0. The van der Waals surface area contributed by atoms with Gasteiger partial charge in [-0.25, -0.2) is 0 Å². The molecule has 0 bridgehead atoms. The van der Waals surface area contributed by atoms with Gasteiger partial charge in [-0.15, -0.1) is 0 Å². The predicted molar refractivity (Wildman–Crippen MR) is 83.8 cm³/mol. The summed E-state index contributed by atoms with van der Waals surface area (Å²) in [5, 5.41) is 9.47. The molecule has 0 amide bonds. The molecule has 23 heavy (non-hydrogen) atoms. The van der Waals surface area contributed by atoms with Crippen LogP contribution < -0.4 is 0 Å². The molecule has 0 unspecified atom stereocenters. The van der Waals surface area contributed by atoms with E-state index in [2.05, 4.69) is 0 Å². The highest BCUT2D eigenvalue weighted by Crippen LogP contribution is 2.70. The second-order valence-corrected chi connectivity index (χ2v) is 9.69. The lowest BCUT2D eigenvalue weighted by molar-refractivity contribution is -0.384. The average Bonchev–Trinajstić information content (AvgIpc) is 2.58. The fraction of sp³-hybridized carbons (Fsp3) is 0.500. The third-order valence-corrected chi connectivity index (χ3v) is 8.87. The lowest BCUT2D eigenvalue weighted by Crippen LogP contribution is -2.17. The van der Waals surface area contributed by atoms with Crippen LogP contribution in [0.5, 0.6) is 0 Å². The van der Waals surface area contributed by atoms with E-state index in [1.807, 2.05) is 0 Å². The minimum Gasteiger partial charge on any atom is -0.311 e. The third kappa shape index (κ3) is 4.47. The first-order valence-electron chi connectivity index (χ1n) is 6.42. The van der Waals surface area contributed by atoms with Crippen LogP contribution in [0.15, 0.2) is 24.3 Å². The Morgan fingerprint density at radius 2 is 1.35 bits per heavy atom. The van der Waals surface area contributed by atoms with Gasteiger partial charge in [-0.2, -0.15) is 0 Å². The summed E-state index contributed by atoms with van der Waals surface area (Å²) >= 11 is 0. The Morgan fingerprint density at radius 3 is 1.65 bits per heavy atom. The maximum Gasteiger partial charge on any atom is 0.345 e. The van der Waals surface area contributed by atoms with Crippen LogP contribution in [0, 0.1) is 10.1 Å². The zero-order valence-electron chi connectivity index (χ0n) is 13.2. The Hall–Kier alpha value is -1.08. The molecular formula is C12H19NO8P2. The number of nitro groups is 1. The second-order valence-electron chi connectivity index (χ2n) is 4.42. The van der Waals surface area contributed by atoms with Crippen LogP contribution in [0.1, 0.15) is 5.56 Å². The fourth-order valence-electron chi connectivity index (χ4n) is 2.00. The van der Waals surface area contributed by atoms with E-state index in [1.165, 1.54) is 52.7 Å². The molecule has 0 aliphatic heterocycles. The Bertz CT molecular complexity index is 590. The fourth-order valence-corrected chi connectivity index (χ4v) is 6.65. The number of rotatable bonds is 9. The van der Waals surface area contributed by atoms with Gasteiger partial charge < -0.3 is 18.1 Å². The van der Waals surface area contributed by atoms with Crippen molar-refractivity contribution >= 4 is 20.9 Å². The summed E-state index contributed by atoms with van der Waals surface area (Å²) in [5.74, 6) is 0. The molecule has 130 valence electrons. The van der Waals surface area contributed by atoms with Gasteiger partial charge in [0.1, 0.15) is 0 Å². The van der Waals surface area contributed by atoms with Crippen LogP contribution in [0.25, 0.3) is 0 Å². The molecule has 0 aliphatic rings. The van der Waals surface area contributed by atoms with Crippen molar-refractivity contribution in [3.63, 3.8) is 0 Å². The SMILES string of the molecule is COP(=O)(OC)C(Cc1ccc([N+](=O)[O-])cc1)P(=O)(OC)OC. The van der Waals surface area contributed by atoms with Crippen LogP contribution >= 0.6 is 15.2 Å². The summed E-state index contributed by atoms with van der Waals surface area (Å²) in [4.78, 5) is 10.1. The van der Waals surface area contributed by atoms with Gasteiger partial charge in [0.25, 0.3) is 5.69 Å². The van der Waals surface area contributed by atoms with Gasteiger partial charge in [0, 0.05) is 40.6 Å². The van der Waals surface area contributed by atoms with Crippen LogP contribution in [0.2, 0.25) is 0 Å². The second kappa shape index (κ2) is 8.15. The highest BCUT2D eigenvalue weighted by Gasteiger charge is 2.49. The van der Waals surface area contributed by atoms with Gasteiger partial charge in [0.15, 0.2) is 5.40 Å². The topological polar surface area (TPSA) is 114 Å². The molecule has 0 fully saturated rings. The van der Waals surface area contributed by atoms with Crippen molar-refractivity contribution in [3.8, 4) is 0 Å². The zero-order valence-corrected chi connectivity index (χ0v) is 15.0. The van der Waals surface area contributed by atoms with E-state index in [1.54, 1.807) is 0 Å². The Morgan fingerprint density at radius 1 is 0.957 bits per heavy atom. The normalized spacial score (nSPS) is 12.6. The summed E-state index contributed by atoms with van der Waals surface area (Å²) in [7, 11) is -2.90. The third-order valence-electron chi connectivity index (χ3n) is 3.31. The Kier molecular flexibility index (Phi) is 7.07. The molecule has 1 rings (SSSR count). The summed E-state index contributed by atoms with van der Waals surface area (Å²) in [5.41, 5.74) is 0.456. The van der Waals surface area contributed by atoms with Crippen LogP contribution in [-0.4, -0.2) is 38.8 Å². The van der Waals surface area contributed by atoms with Crippen molar-refractivity contribution < 1.29 is 32.1 Å². The minimum absolute atomic E-state index is 0.0318. The number of hydrogen-bond acceptors (Lipinski definition) is 8. The first kappa shape index (κ1) is 20.0. The monoisotopic (exact) mass is 367 g/mol. The predicted octanol–water partition coefficient (Wildman–Crippen LogP) is 3.44. The van der Waals surface area contributed by atoms with E-state index < -0.39 is 25.5 Å². The van der Waals surface area contributed by atoms with E-state index in [0.29, 0.717) is 5.56 Å². The lowest BCUT2D eigenvalue weighted by atomic mass is 10.1. The quantitative estimate of drug-likeness (QED) is 0.370. The van der Waals surface area contributed by atoms with Crippen LogP contribution in [-0.2, 0) is 33.6 Å². The molecule has 0 atom stereocenters. The van der Waals surface area contributed by atoms with Gasteiger partial charge in [-0.3, -0.25) is 19.2 Å². The number of non-ortho nitro benzene ring substituents is 1. The molecule has 0 saturated carbocycles. The number of nitrogens with zero attached hydrogens (tertiary/aromatic N) is 1. The minimum atomic E-state index is -3.79. The molecule has 0 saturated heterocycles. The van der Waals surface area contributed by atoms with Gasteiger partial charge in [0.2, 0.25) is 0 Å². The standard InChI is InChI=1S/C12H19NO8P2/c1-18-22(16,19-2)12(23(17,20-3)21-4)9-10-5-7-11(8-6-10)13(14)15/h5-8,12H,9H2,1-4H3. The molecule has 0 aliphatic carbocycles. The molecule has 11 heteroatoms. The largest absolute Gasteiger partial charge is 0.345 e. The van der Waals surface area contributed by atoms with Crippen molar-refractivity contribution in [2.24, 2.45) is 0 Å². The Labute approximate surface area is 134 Å². The number of benzene rings is 1. The first-order valence-corrected chi connectivity index (χ1v) is 9.64. The highest BCUT2D eigenvalue weighted by atomic mass is 31.2. The van der Waals surface area contributed by atoms with Gasteiger partial charge >= 0.3 is 15.2 Å². The molecule has 0 heterocycles. The molecular weight excluding hydrogens is 348 g/mol. The van der Waals surface area contributed by atoms with Crippen molar-refractivity contribution in [1.29, 1.82) is 0 Å². The lowest BCUT2D eigenvalue weighted by Gasteiger charge is -2.28. The highest BCUT2D eigenvalue weighted by molar-refractivity contribution is 7.72. The zero-order chi connectivity index (χ0) is 17.7. The molecule has 1 aromatic carbocycles. The maximum atomic E-state index is 12.7. The van der Waals surface area contributed by atoms with E-state index in [4.69, 9.17) is 18.1 Å². The smallest absolute Gasteiger partial charge is 0.311 e. The van der Waals surface area contributed by atoms with Crippen LogP contribution in [0.4, 0.5) is 5.69 Å². The molecule has 0 radical (unpaired) electrons. The molecule has 0 N–H and O–H groups in total. The maximum absolute atomic E-state index is 12.7. The van der Waals surface area contributed by atoms with Crippen molar-refractivity contribution in [2.45, 2.75) is 11.8 Å². The van der Waals surface area contributed by atoms with Crippen molar-refractivity contribution in [1.82, 2.24) is 0 Å². The van der Waals surface area contributed by atoms with E-state index >= 15 is 0 Å². The van der Waals surface area contributed by atoms with E-state index in [0.717, 1.165) is 0 Å². The van der Waals surface area contributed by atoms with Gasteiger partial charge in [-0.1, -0.05) is 12.1 Å². The van der Waals surface area contributed by atoms with E-state index in [9.17, 15) is 19.2 Å². The van der Waals surface area contributed by atoms with Gasteiger partial charge in [-0.05, 0) is 12.0 Å². The number of nitro benzene ring substituents is 1.